The molecular weight excluding hydrogens is 178 g/mol. The van der Waals surface area contributed by atoms with Crippen LogP contribution in [0, 0.1) is 0 Å². The third-order valence-electron chi connectivity index (χ3n) is 0.937. The third-order valence-corrected chi connectivity index (χ3v) is 1.67. The van der Waals surface area contributed by atoms with Crippen molar-refractivity contribution < 1.29 is 14.4 Å². The number of carbonyl (C=O) groups excluding carboxylic acids is 1. The average Bonchev–Trinajstić information content (AvgIpc) is 1.85. The molecule has 0 aliphatic rings. The van der Waals surface area contributed by atoms with Crippen LogP contribution in [-0.4, -0.2) is 23.3 Å². The Kier molecular flexibility index (Phi) is 4.59. The highest BCUT2D eigenvalue weighted by Gasteiger charge is 2.24. The van der Waals surface area contributed by atoms with Crippen LogP contribution in [0.4, 0.5) is 0 Å². The molecule has 1 atom stereocenters. The Morgan fingerprint density at radius 2 is 2.00 bits per heavy atom. The van der Waals surface area contributed by atoms with Crippen molar-refractivity contribution >= 4 is 17.7 Å². The zero-order chi connectivity index (χ0) is 9.78. The van der Waals surface area contributed by atoms with Gasteiger partial charge in [-0.15, -0.1) is 11.8 Å². The van der Waals surface area contributed by atoms with E-state index in [-0.39, 0.29) is 0 Å². The van der Waals surface area contributed by atoms with Crippen molar-refractivity contribution in [3.63, 3.8) is 0 Å². The summed E-state index contributed by atoms with van der Waals surface area (Å²) in [6, 6.07) is 0. The number of esters is 1. The Bertz CT molecular complexity index is 151. The summed E-state index contributed by atoms with van der Waals surface area (Å²) >= 11 is 1.20. The molecule has 0 bridgehead atoms. The number of hydrogen-bond donors (Lipinski definition) is 1. The summed E-state index contributed by atoms with van der Waals surface area (Å²) in [4.78, 5) is 15.6. The van der Waals surface area contributed by atoms with E-state index in [1.807, 2.05) is 0 Å². The second-order valence-electron chi connectivity index (χ2n) is 3.24. The van der Waals surface area contributed by atoms with Gasteiger partial charge in [-0.2, -0.15) is 0 Å². The maximum atomic E-state index is 11.2. The summed E-state index contributed by atoms with van der Waals surface area (Å²) in [6.07, 6.45) is 1.72. The lowest BCUT2D eigenvalue weighted by Crippen LogP contribution is -2.32. The van der Waals surface area contributed by atoms with E-state index >= 15 is 0 Å². The molecular formula is C7H15NO3S. The zero-order valence-corrected chi connectivity index (χ0v) is 8.60. The van der Waals surface area contributed by atoms with Crippen molar-refractivity contribution in [3.05, 3.63) is 0 Å². The summed E-state index contributed by atoms with van der Waals surface area (Å²) in [7, 11) is 0. The number of thioether (sulfide) groups is 1. The lowest BCUT2D eigenvalue weighted by atomic mass is 10.2. The first-order valence-corrected chi connectivity index (χ1v) is 4.80. The Balaban J connectivity index is 4.02. The quantitative estimate of drug-likeness (QED) is 0.410. The number of rotatable bonds is 3. The minimum atomic E-state index is -0.732. The van der Waals surface area contributed by atoms with Gasteiger partial charge in [0, 0.05) is 0 Å². The van der Waals surface area contributed by atoms with Gasteiger partial charge in [-0.1, -0.05) is 0 Å². The predicted octanol–water partition coefficient (Wildman–Crippen LogP) is 0.907. The first-order valence-electron chi connectivity index (χ1n) is 3.52. The SMILES string of the molecule is CSC(ON)C(=O)OC(C)(C)C. The van der Waals surface area contributed by atoms with Crippen molar-refractivity contribution in [1.29, 1.82) is 0 Å². The third kappa shape index (κ3) is 4.58. The van der Waals surface area contributed by atoms with Gasteiger partial charge >= 0.3 is 5.97 Å². The minimum absolute atomic E-state index is 0.447. The highest BCUT2D eigenvalue weighted by Crippen LogP contribution is 2.14. The number of carbonyl (C=O) groups is 1. The molecule has 1 unspecified atom stereocenters. The Labute approximate surface area is 76.7 Å². The number of nitrogens with two attached hydrogens (primary N) is 1. The molecule has 4 nitrogen and oxygen atoms in total. The molecule has 0 fully saturated rings. The fourth-order valence-corrected chi connectivity index (χ4v) is 0.909. The number of ether oxygens (including phenoxy) is 1. The van der Waals surface area contributed by atoms with Gasteiger partial charge in [-0.3, -0.25) is 4.84 Å². The van der Waals surface area contributed by atoms with Gasteiger partial charge in [0.2, 0.25) is 5.44 Å². The lowest BCUT2D eigenvalue weighted by molar-refractivity contribution is -0.162. The molecule has 72 valence electrons. The molecule has 0 amide bonds. The van der Waals surface area contributed by atoms with E-state index in [1.54, 1.807) is 27.0 Å². The van der Waals surface area contributed by atoms with Crippen LogP contribution in [0.2, 0.25) is 0 Å². The van der Waals surface area contributed by atoms with E-state index in [9.17, 15) is 4.79 Å². The maximum absolute atomic E-state index is 11.2. The summed E-state index contributed by atoms with van der Waals surface area (Å²) in [5.41, 5.74) is -1.23. The van der Waals surface area contributed by atoms with Crippen LogP contribution in [-0.2, 0) is 14.4 Å². The monoisotopic (exact) mass is 193 g/mol. The normalized spacial score (nSPS) is 14.1. The van der Waals surface area contributed by atoms with E-state index < -0.39 is 17.0 Å². The summed E-state index contributed by atoms with van der Waals surface area (Å²) in [6.45, 7) is 5.37. The second kappa shape index (κ2) is 4.69. The van der Waals surface area contributed by atoms with Crippen molar-refractivity contribution in [2.45, 2.75) is 31.8 Å². The molecule has 0 radical (unpaired) electrons. The van der Waals surface area contributed by atoms with Crippen molar-refractivity contribution in [2.24, 2.45) is 5.90 Å². The standard InChI is InChI=1S/C7H15NO3S/c1-7(2,3)10-5(9)6(11-8)12-4/h6H,8H2,1-4H3. The summed E-state index contributed by atoms with van der Waals surface area (Å²) in [5, 5.41) is 0. The zero-order valence-electron chi connectivity index (χ0n) is 7.79. The molecule has 0 rings (SSSR count). The molecule has 0 aromatic carbocycles. The largest absolute Gasteiger partial charge is 0.457 e. The van der Waals surface area contributed by atoms with Gasteiger partial charge in [-0.05, 0) is 27.0 Å². The van der Waals surface area contributed by atoms with Crippen molar-refractivity contribution in [1.82, 2.24) is 0 Å². The first-order chi connectivity index (χ1) is 5.40. The molecule has 0 aliphatic carbocycles. The highest BCUT2D eigenvalue weighted by atomic mass is 32.2. The van der Waals surface area contributed by atoms with Crippen LogP contribution in [0.1, 0.15) is 20.8 Å². The van der Waals surface area contributed by atoms with Gasteiger partial charge < -0.3 is 4.74 Å². The summed E-state index contributed by atoms with van der Waals surface area (Å²) in [5.74, 6) is 4.43. The maximum Gasteiger partial charge on any atom is 0.348 e. The minimum Gasteiger partial charge on any atom is -0.457 e. The molecule has 0 saturated carbocycles. The molecule has 0 saturated heterocycles. The van der Waals surface area contributed by atoms with Crippen LogP contribution < -0.4 is 5.90 Å². The fourth-order valence-electron chi connectivity index (χ4n) is 0.557. The van der Waals surface area contributed by atoms with Gasteiger partial charge in [0.15, 0.2) is 0 Å². The van der Waals surface area contributed by atoms with Crippen LogP contribution in [0.5, 0.6) is 0 Å². The fraction of sp³-hybridized carbons (Fsp3) is 0.857. The Hall–Kier alpha value is -0.260. The van der Waals surface area contributed by atoms with Crippen LogP contribution >= 0.6 is 11.8 Å². The Morgan fingerprint density at radius 1 is 1.50 bits per heavy atom. The van der Waals surface area contributed by atoms with Crippen LogP contribution in [0.25, 0.3) is 0 Å². The predicted molar refractivity (Wildman–Crippen MR) is 48.4 cm³/mol. The molecule has 12 heavy (non-hydrogen) atoms. The molecule has 0 spiro atoms. The lowest BCUT2D eigenvalue weighted by Gasteiger charge is -2.21. The van der Waals surface area contributed by atoms with Gasteiger partial charge in [-0.25, -0.2) is 10.7 Å². The topological polar surface area (TPSA) is 61.5 Å². The van der Waals surface area contributed by atoms with Crippen LogP contribution in [0.3, 0.4) is 0 Å². The molecule has 0 aromatic rings. The number of hydrogen-bond acceptors (Lipinski definition) is 5. The van der Waals surface area contributed by atoms with Crippen LogP contribution in [0.15, 0.2) is 0 Å². The highest BCUT2D eigenvalue weighted by molar-refractivity contribution is 7.99. The van der Waals surface area contributed by atoms with E-state index in [2.05, 4.69) is 4.84 Å². The van der Waals surface area contributed by atoms with E-state index in [4.69, 9.17) is 10.6 Å². The van der Waals surface area contributed by atoms with E-state index in [0.717, 1.165) is 0 Å². The average molecular weight is 193 g/mol. The Morgan fingerprint density at radius 3 is 2.25 bits per heavy atom. The molecule has 2 N–H and O–H groups in total. The van der Waals surface area contributed by atoms with Gasteiger partial charge in [0.25, 0.3) is 0 Å². The van der Waals surface area contributed by atoms with Crippen molar-refractivity contribution in [3.8, 4) is 0 Å². The molecule has 0 aliphatic heterocycles. The van der Waals surface area contributed by atoms with Crippen molar-refractivity contribution in [2.75, 3.05) is 6.26 Å². The summed E-state index contributed by atoms with van der Waals surface area (Å²) < 4.78 is 5.02. The second-order valence-corrected chi connectivity index (χ2v) is 4.14. The van der Waals surface area contributed by atoms with E-state index in [1.165, 1.54) is 11.8 Å². The van der Waals surface area contributed by atoms with E-state index in [0.29, 0.717) is 0 Å². The first kappa shape index (κ1) is 11.7. The molecule has 0 aromatic heterocycles. The van der Waals surface area contributed by atoms with Gasteiger partial charge in [0.05, 0.1) is 0 Å². The molecule has 0 heterocycles. The molecule has 5 heteroatoms. The van der Waals surface area contributed by atoms with Gasteiger partial charge in [0.1, 0.15) is 5.60 Å². The smallest absolute Gasteiger partial charge is 0.348 e.